The summed E-state index contributed by atoms with van der Waals surface area (Å²) in [5.74, 6) is 0. The maximum Gasteiger partial charge on any atom is 0.159 e. The predicted octanol–water partition coefficient (Wildman–Crippen LogP) is 16.6. The van der Waals surface area contributed by atoms with Crippen molar-refractivity contribution in [1.29, 1.82) is 0 Å². The van der Waals surface area contributed by atoms with E-state index in [0.717, 1.165) is 88.8 Å². The fourth-order valence-electron chi connectivity index (χ4n) is 9.47. The summed E-state index contributed by atoms with van der Waals surface area (Å²) >= 11 is 0. The van der Waals surface area contributed by atoms with Crippen molar-refractivity contribution >= 4 is 110 Å². The molecule has 0 aliphatic rings. The van der Waals surface area contributed by atoms with Gasteiger partial charge >= 0.3 is 0 Å². The summed E-state index contributed by atoms with van der Waals surface area (Å²) in [6.45, 7) is 6.88. The van der Waals surface area contributed by atoms with E-state index in [1.165, 1.54) is 27.1 Å². The minimum atomic E-state index is -0.00841. The van der Waals surface area contributed by atoms with E-state index in [9.17, 15) is 0 Å². The third-order valence-electron chi connectivity index (χ3n) is 12.3. The second kappa shape index (κ2) is 13.0. The largest absolute Gasteiger partial charge is 0.454 e. The van der Waals surface area contributed by atoms with Gasteiger partial charge in [0, 0.05) is 49.1 Å². The zero-order valence-electron chi connectivity index (χ0n) is 33.6. The number of para-hydroxylation sites is 6. The Morgan fingerprint density at radius 1 is 0.350 bits per heavy atom. The zero-order valence-corrected chi connectivity index (χ0v) is 33.6. The molecule has 4 nitrogen and oxygen atoms in total. The number of rotatable bonds is 6. The van der Waals surface area contributed by atoms with Crippen LogP contribution in [0.25, 0.3) is 76.2 Å². The molecule has 0 N–H and O–H groups in total. The first-order valence-electron chi connectivity index (χ1n) is 20.7. The number of benzene rings is 10. The molecule has 60 heavy (non-hydrogen) atoms. The second-order valence-electron chi connectivity index (χ2n) is 16.9. The standard InChI is InChI=1S/C56H40N2O2/c1-56(2,3)37-32-35-28-30-44-48(57(38-16-6-4-7-17-38)46-24-14-22-42-40-20-10-12-26-50(40)59-54(42)46)34-49(45-31-29-36(33-37)52(35)53(44)45)58(39-18-8-5-9-19-39)47-25-15-23-43-41-21-11-13-27-51(41)60-55(43)47/h4-34H,1-3H3. The number of nitrogens with zero attached hydrogens (tertiary/aromatic N) is 2. The van der Waals surface area contributed by atoms with Gasteiger partial charge in [0.1, 0.15) is 11.2 Å². The summed E-state index contributed by atoms with van der Waals surface area (Å²) in [6.07, 6.45) is 0. The van der Waals surface area contributed by atoms with Gasteiger partial charge < -0.3 is 18.6 Å². The van der Waals surface area contributed by atoms with E-state index in [2.05, 4.69) is 206 Å². The van der Waals surface area contributed by atoms with Crippen molar-refractivity contribution in [2.45, 2.75) is 26.2 Å². The van der Waals surface area contributed by atoms with Gasteiger partial charge in [-0.15, -0.1) is 0 Å². The lowest BCUT2D eigenvalue weighted by Crippen LogP contribution is -2.15. The number of hydrogen-bond donors (Lipinski definition) is 0. The van der Waals surface area contributed by atoms with Crippen LogP contribution in [0.15, 0.2) is 197 Å². The Kier molecular flexibility index (Phi) is 7.45. The molecule has 0 aliphatic carbocycles. The normalized spacial score (nSPS) is 12.2. The molecular formula is C56H40N2O2. The van der Waals surface area contributed by atoms with E-state index >= 15 is 0 Å². The molecule has 286 valence electrons. The van der Waals surface area contributed by atoms with E-state index in [1.54, 1.807) is 0 Å². The van der Waals surface area contributed by atoms with E-state index in [-0.39, 0.29) is 5.41 Å². The van der Waals surface area contributed by atoms with E-state index in [0.29, 0.717) is 0 Å². The molecule has 12 rings (SSSR count). The molecule has 0 aliphatic heterocycles. The third-order valence-corrected chi connectivity index (χ3v) is 12.3. The highest BCUT2D eigenvalue weighted by Crippen LogP contribution is 2.53. The average molecular weight is 773 g/mol. The summed E-state index contributed by atoms with van der Waals surface area (Å²) in [6, 6.07) is 67.5. The second-order valence-corrected chi connectivity index (χ2v) is 16.9. The van der Waals surface area contributed by atoms with Gasteiger partial charge in [0.25, 0.3) is 0 Å². The van der Waals surface area contributed by atoms with Gasteiger partial charge in [0.05, 0.1) is 22.7 Å². The average Bonchev–Trinajstić information content (AvgIpc) is 3.86. The van der Waals surface area contributed by atoms with Crippen molar-refractivity contribution in [3.63, 3.8) is 0 Å². The molecule has 0 saturated carbocycles. The summed E-state index contributed by atoms with van der Waals surface area (Å²) in [4.78, 5) is 4.79. The van der Waals surface area contributed by atoms with E-state index in [4.69, 9.17) is 8.83 Å². The molecule has 12 aromatic rings. The Morgan fingerprint density at radius 3 is 1.25 bits per heavy atom. The number of anilines is 6. The van der Waals surface area contributed by atoms with Gasteiger partial charge in [0.2, 0.25) is 0 Å². The molecule has 10 aromatic carbocycles. The molecular weight excluding hydrogens is 733 g/mol. The van der Waals surface area contributed by atoms with Crippen LogP contribution in [0.5, 0.6) is 0 Å². The fourth-order valence-corrected chi connectivity index (χ4v) is 9.47. The maximum absolute atomic E-state index is 6.81. The Hall–Kier alpha value is -7.56. The van der Waals surface area contributed by atoms with Crippen LogP contribution < -0.4 is 9.80 Å². The Morgan fingerprint density at radius 2 is 0.783 bits per heavy atom. The van der Waals surface area contributed by atoms with Crippen molar-refractivity contribution in [2.75, 3.05) is 9.80 Å². The van der Waals surface area contributed by atoms with Gasteiger partial charge in [-0.3, -0.25) is 0 Å². The Bertz CT molecular complexity index is 3370. The molecule has 0 fully saturated rings. The molecule has 4 heteroatoms. The zero-order chi connectivity index (χ0) is 40.1. The summed E-state index contributed by atoms with van der Waals surface area (Å²) in [5, 5.41) is 11.6. The van der Waals surface area contributed by atoms with Gasteiger partial charge in [-0.05, 0) is 81.7 Å². The lowest BCUT2D eigenvalue weighted by Gasteiger charge is -2.32. The van der Waals surface area contributed by atoms with Crippen LogP contribution in [0.2, 0.25) is 0 Å². The summed E-state index contributed by atoms with van der Waals surface area (Å²) in [7, 11) is 0. The monoisotopic (exact) mass is 772 g/mol. The van der Waals surface area contributed by atoms with Crippen LogP contribution in [-0.4, -0.2) is 0 Å². The number of furan rings is 2. The van der Waals surface area contributed by atoms with Gasteiger partial charge in [0.15, 0.2) is 11.2 Å². The van der Waals surface area contributed by atoms with Gasteiger partial charge in [-0.2, -0.15) is 0 Å². The highest BCUT2D eigenvalue weighted by molar-refractivity contribution is 6.29. The van der Waals surface area contributed by atoms with Crippen molar-refractivity contribution in [1.82, 2.24) is 0 Å². The topological polar surface area (TPSA) is 32.8 Å². The predicted molar refractivity (Wildman–Crippen MR) is 253 cm³/mol. The van der Waals surface area contributed by atoms with Gasteiger partial charge in [-0.1, -0.05) is 154 Å². The van der Waals surface area contributed by atoms with Crippen molar-refractivity contribution in [3.05, 3.63) is 194 Å². The highest BCUT2D eigenvalue weighted by Gasteiger charge is 2.28. The lowest BCUT2D eigenvalue weighted by molar-refractivity contribution is 0.591. The molecule has 0 saturated heterocycles. The summed E-state index contributed by atoms with van der Waals surface area (Å²) < 4.78 is 13.6. The molecule has 0 radical (unpaired) electrons. The van der Waals surface area contributed by atoms with Crippen molar-refractivity contribution in [3.8, 4) is 0 Å². The molecule has 2 aromatic heterocycles. The molecule has 0 atom stereocenters. The quantitative estimate of drug-likeness (QED) is 0.158. The first kappa shape index (κ1) is 34.5. The number of fused-ring (bicyclic) bond motifs is 6. The maximum atomic E-state index is 6.81. The van der Waals surface area contributed by atoms with E-state index in [1.807, 2.05) is 12.1 Å². The SMILES string of the molecule is CC(C)(C)c1cc2ccc3c(N(c4ccccc4)c4cccc5c4oc4ccccc45)cc(N(c4ccccc4)c4cccc5c4oc4ccccc45)c4ccc(c1)c2c34. The third kappa shape index (κ3) is 5.17. The molecule has 0 spiro atoms. The fraction of sp³-hybridized carbons (Fsp3) is 0.0714. The van der Waals surface area contributed by atoms with Crippen LogP contribution in [0.1, 0.15) is 26.3 Å². The molecule has 0 unspecified atom stereocenters. The first-order chi connectivity index (χ1) is 29.4. The van der Waals surface area contributed by atoms with Crippen LogP contribution in [0.4, 0.5) is 34.1 Å². The highest BCUT2D eigenvalue weighted by atomic mass is 16.3. The number of hydrogen-bond acceptors (Lipinski definition) is 4. The van der Waals surface area contributed by atoms with Crippen LogP contribution >= 0.6 is 0 Å². The first-order valence-corrected chi connectivity index (χ1v) is 20.7. The molecule has 0 amide bonds. The van der Waals surface area contributed by atoms with E-state index < -0.39 is 0 Å². The lowest BCUT2D eigenvalue weighted by atomic mass is 9.83. The van der Waals surface area contributed by atoms with Crippen molar-refractivity contribution in [2.24, 2.45) is 0 Å². The smallest absolute Gasteiger partial charge is 0.159 e. The van der Waals surface area contributed by atoms with Crippen LogP contribution in [0, 0.1) is 0 Å². The molecule has 0 bridgehead atoms. The van der Waals surface area contributed by atoms with Crippen LogP contribution in [-0.2, 0) is 5.41 Å². The van der Waals surface area contributed by atoms with Crippen molar-refractivity contribution < 1.29 is 8.83 Å². The minimum absolute atomic E-state index is 0.00841. The van der Waals surface area contributed by atoms with Gasteiger partial charge in [-0.25, -0.2) is 0 Å². The summed E-state index contributed by atoms with van der Waals surface area (Å²) in [5.41, 5.74) is 10.8. The molecule has 2 heterocycles. The Labute approximate surface area is 347 Å². The van der Waals surface area contributed by atoms with Crippen LogP contribution in [0.3, 0.4) is 0 Å². The minimum Gasteiger partial charge on any atom is -0.454 e. The Balaban J connectivity index is 1.25.